The average Bonchev–Trinajstić information content (AvgIpc) is 2.87. The third-order valence-corrected chi connectivity index (χ3v) is 2.45. The minimum absolute atomic E-state index is 0.0159. The fraction of sp³-hybridized carbons (Fsp3) is 0.0769. The lowest BCUT2D eigenvalue weighted by molar-refractivity contribution is 0.0660. The van der Waals surface area contributed by atoms with Crippen molar-refractivity contribution in [2.45, 2.75) is 0 Å². The van der Waals surface area contributed by atoms with Gasteiger partial charge in [0, 0.05) is 5.56 Å². The van der Waals surface area contributed by atoms with E-state index in [0.29, 0.717) is 0 Å². The number of ether oxygens (including phenoxy) is 1. The number of methoxy groups -OCH3 is 1. The van der Waals surface area contributed by atoms with Gasteiger partial charge in [-0.25, -0.2) is 9.18 Å². The molecule has 0 aliphatic heterocycles. The van der Waals surface area contributed by atoms with Crippen LogP contribution in [0.2, 0.25) is 0 Å². The number of carbonyl (C=O) groups excluding carboxylic acids is 1. The van der Waals surface area contributed by atoms with Gasteiger partial charge in [-0.1, -0.05) is 0 Å². The highest BCUT2D eigenvalue weighted by Crippen LogP contribution is 2.20. The molecule has 0 unspecified atom stereocenters. The summed E-state index contributed by atoms with van der Waals surface area (Å²) in [7, 11) is 1.31. The zero-order valence-corrected chi connectivity index (χ0v) is 9.84. The van der Waals surface area contributed by atoms with Crippen LogP contribution in [-0.2, 0) is 0 Å². The van der Waals surface area contributed by atoms with Crippen LogP contribution < -0.4 is 4.74 Å². The van der Waals surface area contributed by atoms with Crippen LogP contribution in [0, 0.1) is 5.82 Å². The molecular formula is C13H9FO5. The fourth-order valence-electron chi connectivity index (χ4n) is 1.52. The summed E-state index contributed by atoms with van der Waals surface area (Å²) in [5.74, 6) is -3.06. The van der Waals surface area contributed by atoms with E-state index >= 15 is 0 Å². The normalized spacial score (nSPS) is 10.2. The molecule has 0 amide bonds. The van der Waals surface area contributed by atoms with E-state index in [4.69, 9.17) is 14.3 Å². The van der Waals surface area contributed by atoms with Gasteiger partial charge in [-0.3, -0.25) is 4.79 Å². The summed E-state index contributed by atoms with van der Waals surface area (Å²) in [6, 6.07) is 6.07. The molecule has 2 rings (SSSR count). The van der Waals surface area contributed by atoms with E-state index in [1.54, 1.807) is 0 Å². The maximum Gasteiger partial charge on any atom is 0.371 e. The highest BCUT2D eigenvalue weighted by molar-refractivity contribution is 6.07. The van der Waals surface area contributed by atoms with E-state index in [9.17, 15) is 14.0 Å². The number of hydrogen-bond donors (Lipinski definition) is 1. The van der Waals surface area contributed by atoms with Crippen molar-refractivity contribution in [3.63, 3.8) is 0 Å². The number of furan rings is 1. The molecule has 0 aliphatic rings. The van der Waals surface area contributed by atoms with Gasteiger partial charge >= 0.3 is 5.97 Å². The molecule has 1 aromatic heterocycles. The summed E-state index contributed by atoms with van der Waals surface area (Å²) in [5.41, 5.74) is 0.0459. The van der Waals surface area contributed by atoms with Crippen LogP contribution in [0.25, 0.3) is 0 Å². The Labute approximate surface area is 107 Å². The minimum Gasteiger partial charge on any atom is -0.494 e. The second kappa shape index (κ2) is 4.93. The molecule has 0 spiro atoms. The van der Waals surface area contributed by atoms with Crippen molar-refractivity contribution in [2.75, 3.05) is 7.11 Å². The molecule has 19 heavy (non-hydrogen) atoms. The molecule has 2 aromatic rings. The highest BCUT2D eigenvalue weighted by atomic mass is 19.1. The largest absolute Gasteiger partial charge is 0.494 e. The molecule has 1 aromatic carbocycles. The number of halogens is 1. The molecule has 1 N–H and O–H groups in total. The first-order chi connectivity index (χ1) is 9.02. The third-order valence-electron chi connectivity index (χ3n) is 2.45. The summed E-state index contributed by atoms with van der Waals surface area (Å²) in [5, 5.41) is 8.68. The molecule has 6 heteroatoms. The third kappa shape index (κ3) is 2.47. The Hall–Kier alpha value is -2.63. The van der Waals surface area contributed by atoms with Gasteiger partial charge in [-0.2, -0.15) is 0 Å². The second-order valence-electron chi connectivity index (χ2n) is 3.65. The predicted octanol–water partition coefficient (Wildman–Crippen LogP) is 2.36. The summed E-state index contributed by atoms with van der Waals surface area (Å²) in [4.78, 5) is 22.6. The second-order valence-corrected chi connectivity index (χ2v) is 3.65. The molecule has 1 heterocycles. The number of carboxylic acids is 1. The predicted molar refractivity (Wildman–Crippen MR) is 62.1 cm³/mol. The first-order valence-electron chi connectivity index (χ1n) is 5.24. The van der Waals surface area contributed by atoms with Crippen LogP contribution in [0.4, 0.5) is 4.39 Å². The molecule has 0 bridgehead atoms. The Morgan fingerprint density at radius 1 is 1.21 bits per heavy atom. The van der Waals surface area contributed by atoms with Crippen LogP contribution >= 0.6 is 0 Å². The Morgan fingerprint density at radius 2 is 1.89 bits per heavy atom. The number of carboxylic acid groups (broad SMARTS) is 1. The van der Waals surface area contributed by atoms with E-state index in [-0.39, 0.29) is 22.8 Å². The maximum atomic E-state index is 13.5. The Balaban J connectivity index is 2.33. The lowest BCUT2D eigenvalue weighted by Gasteiger charge is -2.03. The van der Waals surface area contributed by atoms with Gasteiger partial charge in [0.2, 0.25) is 11.5 Å². The molecule has 0 atom stereocenters. The van der Waals surface area contributed by atoms with Gasteiger partial charge in [0.05, 0.1) is 7.11 Å². The Kier molecular flexibility index (Phi) is 3.33. The quantitative estimate of drug-likeness (QED) is 0.858. The van der Waals surface area contributed by atoms with Crippen LogP contribution in [0.15, 0.2) is 34.7 Å². The topological polar surface area (TPSA) is 76.7 Å². The highest BCUT2D eigenvalue weighted by Gasteiger charge is 2.18. The van der Waals surface area contributed by atoms with Crippen LogP contribution in [-0.4, -0.2) is 24.0 Å². The smallest absolute Gasteiger partial charge is 0.371 e. The standard InChI is InChI=1S/C13H9FO5/c1-18-9-3-2-7(6-8(9)14)12(15)10-4-5-11(19-10)13(16)17/h2-6H,1H3,(H,16,17). The average molecular weight is 264 g/mol. The Morgan fingerprint density at radius 3 is 2.42 bits per heavy atom. The van der Waals surface area contributed by atoms with E-state index in [1.807, 2.05) is 0 Å². The van der Waals surface area contributed by atoms with E-state index in [0.717, 1.165) is 12.1 Å². The van der Waals surface area contributed by atoms with Gasteiger partial charge in [-0.05, 0) is 30.3 Å². The molecule has 0 saturated heterocycles. The molecule has 0 saturated carbocycles. The first kappa shape index (κ1) is 12.8. The molecule has 5 nitrogen and oxygen atoms in total. The zero-order chi connectivity index (χ0) is 14.0. The summed E-state index contributed by atoms with van der Waals surface area (Å²) >= 11 is 0. The van der Waals surface area contributed by atoms with Gasteiger partial charge in [-0.15, -0.1) is 0 Å². The van der Waals surface area contributed by atoms with Crippen molar-refractivity contribution in [3.8, 4) is 5.75 Å². The van der Waals surface area contributed by atoms with Crippen molar-refractivity contribution < 1.29 is 28.2 Å². The molecule has 0 fully saturated rings. The monoisotopic (exact) mass is 264 g/mol. The van der Waals surface area contributed by atoms with Gasteiger partial charge in [0.1, 0.15) is 0 Å². The summed E-state index contributed by atoms with van der Waals surface area (Å²) in [6.07, 6.45) is 0. The van der Waals surface area contributed by atoms with Gasteiger partial charge in [0.15, 0.2) is 17.3 Å². The fourth-order valence-corrected chi connectivity index (χ4v) is 1.52. The summed E-state index contributed by atoms with van der Waals surface area (Å²) < 4.78 is 23.0. The Bertz CT molecular complexity index is 644. The van der Waals surface area contributed by atoms with Crippen molar-refractivity contribution in [2.24, 2.45) is 0 Å². The van der Waals surface area contributed by atoms with Gasteiger partial charge in [0.25, 0.3) is 0 Å². The van der Waals surface area contributed by atoms with Gasteiger partial charge < -0.3 is 14.3 Å². The van der Waals surface area contributed by atoms with Crippen molar-refractivity contribution >= 4 is 11.8 Å². The number of hydrogen-bond acceptors (Lipinski definition) is 4. The molecule has 0 aliphatic carbocycles. The van der Waals surface area contributed by atoms with Crippen LogP contribution in [0.5, 0.6) is 5.75 Å². The molecule has 0 radical (unpaired) electrons. The lowest BCUT2D eigenvalue weighted by Crippen LogP contribution is -2.01. The summed E-state index contributed by atoms with van der Waals surface area (Å²) in [6.45, 7) is 0. The minimum atomic E-state index is -1.28. The van der Waals surface area contributed by atoms with Crippen molar-refractivity contribution in [1.29, 1.82) is 0 Å². The van der Waals surface area contributed by atoms with Crippen molar-refractivity contribution in [3.05, 3.63) is 53.2 Å². The van der Waals surface area contributed by atoms with E-state index < -0.39 is 17.6 Å². The van der Waals surface area contributed by atoms with E-state index in [2.05, 4.69) is 0 Å². The first-order valence-corrected chi connectivity index (χ1v) is 5.24. The SMILES string of the molecule is COc1ccc(C(=O)c2ccc(C(=O)O)o2)cc1F. The van der Waals surface area contributed by atoms with Crippen LogP contribution in [0.3, 0.4) is 0 Å². The zero-order valence-electron chi connectivity index (χ0n) is 9.84. The number of benzene rings is 1. The number of carbonyl (C=O) groups is 2. The number of ketones is 1. The number of aromatic carboxylic acids is 1. The number of rotatable bonds is 4. The van der Waals surface area contributed by atoms with Crippen molar-refractivity contribution in [1.82, 2.24) is 0 Å². The maximum absolute atomic E-state index is 13.5. The lowest BCUT2D eigenvalue weighted by atomic mass is 10.1. The molecule has 98 valence electrons. The van der Waals surface area contributed by atoms with Crippen LogP contribution in [0.1, 0.15) is 26.7 Å². The van der Waals surface area contributed by atoms with E-state index in [1.165, 1.54) is 25.3 Å². The molecular weight excluding hydrogens is 255 g/mol.